The average Bonchev–Trinajstić information content (AvgIpc) is 2.73. The predicted molar refractivity (Wildman–Crippen MR) is 141 cm³/mol. The van der Waals surface area contributed by atoms with Gasteiger partial charge in [0, 0.05) is 12.8 Å². The molecule has 3 nitrogen and oxygen atoms in total. The van der Waals surface area contributed by atoms with Crippen molar-refractivity contribution in [3.63, 3.8) is 0 Å². The minimum atomic E-state index is -2.43. The Labute approximate surface area is 202 Å². The molecule has 0 amide bonds. The highest BCUT2D eigenvalue weighted by Gasteiger charge is 2.53. The molecule has 0 radical (unpaired) electrons. The molecule has 0 aromatic carbocycles. The van der Waals surface area contributed by atoms with Crippen molar-refractivity contribution in [2.75, 3.05) is 21.1 Å². The van der Waals surface area contributed by atoms with Gasteiger partial charge in [-0.3, -0.25) is 4.48 Å². The second-order valence-corrected chi connectivity index (χ2v) is 12.1. The van der Waals surface area contributed by atoms with Crippen molar-refractivity contribution >= 4 is 8.03 Å². The lowest BCUT2D eigenvalue weighted by Gasteiger charge is -2.39. The molecular weight excluding hydrogens is 413 g/mol. The Morgan fingerprint density at radius 3 is 1.41 bits per heavy atom. The van der Waals surface area contributed by atoms with Crippen LogP contribution in [0.25, 0.3) is 0 Å². The monoisotopic (exact) mass is 470 g/mol. The van der Waals surface area contributed by atoms with Crippen LogP contribution in [-0.2, 0) is 4.57 Å². The number of hydrogen-bond acceptors (Lipinski definition) is 2. The lowest BCUT2D eigenvalue weighted by molar-refractivity contribution is -0.910. The summed E-state index contributed by atoms with van der Waals surface area (Å²) in [6.07, 6.45) is 29.7. The minimum Gasteiger partial charge on any atom is -0.590 e. The maximum absolute atomic E-state index is 12.1. The van der Waals surface area contributed by atoms with E-state index in [1.807, 2.05) is 21.1 Å². The summed E-state index contributed by atoms with van der Waals surface area (Å²) in [6, 6.07) is 0. The number of quaternary nitrogens is 1. The summed E-state index contributed by atoms with van der Waals surface area (Å²) in [5.74, 6) is 0. The molecule has 0 aromatic heterocycles. The third-order valence-electron chi connectivity index (χ3n) is 7.08. The fourth-order valence-electron chi connectivity index (χ4n) is 4.81. The van der Waals surface area contributed by atoms with E-state index in [-0.39, 0.29) is 0 Å². The van der Waals surface area contributed by atoms with E-state index >= 15 is 0 Å². The van der Waals surface area contributed by atoms with Gasteiger partial charge in [0.15, 0.2) is 0 Å². The van der Waals surface area contributed by atoms with E-state index in [0.717, 1.165) is 32.1 Å². The molecule has 0 aliphatic heterocycles. The lowest BCUT2D eigenvalue weighted by Crippen LogP contribution is -2.55. The molecule has 0 heterocycles. The highest BCUT2D eigenvalue weighted by atomic mass is 31.1. The van der Waals surface area contributed by atoms with Gasteiger partial charge in [0.25, 0.3) is 5.28 Å². The first-order valence-electron chi connectivity index (χ1n) is 13.9. The smallest absolute Gasteiger partial charge is 0.376 e. The van der Waals surface area contributed by atoms with Crippen molar-refractivity contribution in [1.29, 1.82) is 0 Å². The zero-order valence-electron chi connectivity index (χ0n) is 22.5. The summed E-state index contributed by atoms with van der Waals surface area (Å²) in [5, 5.41) is -0.599. The van der Waals surface area contributed by atoms with Gasteiger partial charge in [-0.2, -0.15) is 0 Å². The van der Waals surface area contributed by atoms with E-state index in [4.69, 9.17) is 0 Å². The molecule has 4 heteroatoms. The molecule has 0 spiro atoms. The van der Waals surface area contributed by atoms with Gasteiger partial charge >= 0.3 is 8.03 Å². The van der Waals surface area contributed by atoms with Gasteiger partial charge in [0.05, 0.1) is 21.1 Å². The Kier molecular flexibility index (Phi) is 20.0. The number of nitrogens with zero attached hydrogens (tertiary/aromatic N) is 1. The molecule has 2 atom stereocenters. The number of hydrogen-bond donors (Lipinski definition) is 0. The maximum atomic E-state index is 12.1. The van der Waals surface area contributed by atoms with E-state index < -0.39 is 13.3 Å². The molecular formula is C28H57NO2P+. The molecule has 32 heavy (non-hydrogen) atoms. The van der Waals surface area contributed by atoms with Crippen molar-refractivity contribution in [2.45, 2.75) is 148 Å². The van der Waals surface area contributed by atoms with Crippen LogP contribution in [-0.4, -0.2) is 30.9 Å². The summed E-state index contributed by atoms with van der Waals surface area (Å²) in [4.78, 5) is 12.1. The first-order chi connectivity index (χ1) is 15.3. The molecule has 0 aliphatic carbocycles. The van der Waals surface area contributed by atoms with Crippen LogP contribution in [0.15, 0.2) is 12.2 Å². The molecule has 0 bridgehead atoms. The zero-order valence-corrected chi connectivity index (χ0v) is 23.4. The summed E-state index contributed by atoms with van der Waals surface area (Å²) >= 11 is 0. The SMILES string of the molecule is CCCCCCCCCCCCC/C=C\CCCCCCC(CCC)([P+](=O)[O-])[N+](C)(C)C. The van der Waals surface area contributed by atoms with Gasteiger partial charge in [-0.15, -0.1) is 0 Å². The summed E-state index contributed by atoms with van der Waals surface area (Å²) < 4.78 is 12.6. The Morgan fingerprint density at radius 2 is 1.03 bits per heavy atom. The van der Waals surface area contributed by atoms with Crippen LogP contribution in [0.2, 0.25) is 0 Å². The molecule has 2 unspecified atom stereocenters. The molecule has 0 rings (SSSR count). The normalized spacial score (nSPS) is 14.8. The van der Waals surface area contributed by atoms with E-state index in [0.29, 0.717) is 4.48 Å². The van der Waals surface area contributed by atoms with Crippen LogP contribution < -0.4 is 4.89 Å². The predicted octanol–water partition coefficient (Wildman–Crippen LogP) is 8.89. The van der Waals surface area contributed by atoms with Crippen molar-refractivity contribution in [2.24, 2.45) is 0 Å². The van der Waals surface area contributed by atoms with E-state index in [1.54, 1.807) is 0 Å². The van der Waals surface area contributed by atoms with E-state index in [1.165, 1.54) is 96.3 Å². The fourth-order valence-corrected chi connectivity index (χ4v) is 6.05. The summed E-state index contributed by atoms with van der Waals surface area (Å²) in [7, 11) is 3.66. The van der Waals surface area contributed by atoms with Gasteiger partial charge in [0.2, 0.25) is 0 Å². The second kappa shape index (κ2) is 20.2. The Morgan fingerprint density at radius 1 is 0.625 bits per heavy atom. The van der Waals surface area contributed by atoms with E-state index in [9.17, 15) is 9.46 Å². The van der Waals surface area contributed by atoms with Crippen molar-refractivity contribution in [1.82, 2.24) is 0 Å². The molecule has 0 fully saturated rings. The van der Waals surface area contributed by atoms with Crippen LogP contribution in [0.1, 0.15) is 142 Å². The lowest BCUT2D eigenvalue weighted by atomic mass is 9.99. The maximum Gasteiger partial charge on any atom is 0.376 e. The summed E-state index contributed by atoms with van der Waals surface area (Å²) in [5.41, 5.74) is 0. The fraction of sp³-hybridized carbons (Fsp3) is 0.929. The molecule has 0 saturated heterocycles. The zero-order chi connectivity index (χ0) is 24.1. The first-order valence-corrected chi connectivity index (χ1v) is 15.1. The van der Waals surface area contributed by atoms with Crippen molar-refractivity contribution in [3.8, 4) is 0 Å². The third kappa shape index (κ3) is 14.8. The molecule has 0 N–H and O–H groups in total. The van der Waals surface area contributed by atoms with Crippen LogP contribution in [0.4, 0.5) is 0 Å². The molecule has 0 saturated carbocycles. The highest BCUT2D eigenvalue weighted by Crippen LogP contribution is 2.45. The summed E-state index contributed by atoms with van der Waals surface area (Å²) in [6.45, 7) is 4.37. The van der Waals surface area contributed by atoms with Gasteiger partial charge in [-0.1, -0.05) is 108 Å². The van der Waals surface area contributed by atoms with Gasteiger partial charge in [-0.05, 0) is 38.5 Å². The molecule has 190 valence electrons. The molecule has 0 aliphatic rings. The van der Waals surface area contributed by atoms with Crippen LogP contribution in [0, 0.1) is 0 Å². The number of unbranched alkanes of at least 4 members (excludes halogenated alkanes) is 15. The Hall–Kier alpha value is -0.240. The van der Waals surface area contributed by atoms with Gasteiger partial charge in [0.1, 0.15) is 0 Å². The first kappa shape index (κ1) is 31.8. The standard InChI is InChI=1S/C28H57NO2P/c1-6-8-9-10-11-12-13-14-15-16-17-18-19-20-21-22-23-24-25-27-28(26-7-2,32(30)31)29(3,4)5/h19-20H,6-18,21-27H2,1-5H3/q+1/b20-19-. The second-order valence-electron chi connectivity index (χ2n) is 10.8. The number of allylic oxidation sites excluding steroid dienone is 2. The van der Waals surface area contributed by atoms with Crippen molar-refractivity contribution in [3.05, 3.63) is 12.2 Å². The van der Waals surface area contributed by atoms with Crippen LogP contribution in [0.3, 0.4) is 0 Å². The quantitative estimate of drug-likeness (QED) is 0.0647. The number of rotatable bonds is 23. The Bertz CT molecular complexity index is 473. The highest BCUT2D eigenvalue weighted by molar-refractivity contribution is 7.38. The molecule has 0 aromatic rings. The Balaban J connectivity index is 3.66. The topological polar surface area (TPSA) is 40.1 Å². The van der Waals surface area contributed by atoms with Crippen molar-refractivity contribution < 1.29 is 13.9 Å². The minimum absolute atomic E-state index is 0.515. The van der Waals surface area contributed by atoms with E-state index in [2.05, 4.69) is 26.0 Å². The van der Waals surface area contributed by atoms with Gasteiger partial charge < -0.3 is 4.89 Å². The van der Waals surface area contributed by atoms with Gasteiger partial charge in [-0.25, -0.2) is 0 Å². The third-order valence-corrected chi connectivity index (χ3v) is 8.80. The largest absolute Gasteiger partial charge is 0.590 e. The van der Waals surface area contributed by atoms with Crippen LogP contribution >= 0.6 is 8.03 Å². The van der Waals surface area contributed by atoms with Crippen LogP contribution in [0.5, 0.6) is 0 Å². The average molecular weight is 471 g/mol.